The van der Waals surface area contributed by atoms with E-state index in [1.165, 1.54) is 0 Å². The zero-order valence-electron chi connectivity index (χ0n) is 15.1. The normalized spacial score (nSPS) is 16.3. The minimum absolute atomic E-state index is 0.327. The fourth-order valence-corrected chi connectivity index (χ4v) is 3.22. The van der Waals surface area contributed by atoms with Crippen LogP contribution in [0.1, 0.15) is 12.8 Å². The van der Waals surface area contributed by atoms with Gasteiger partial charge in [-0.2, -0.15) is 0 Å². The minimum Gasteiger partial charge on any atom is -0.373 e. The van der Waals surface area contributed by atoms with E-state index in [1.54, 1.807) is 31.1 Å². The second kappa shape index (κ2) is 7.90. The molecule has 4 heterocycles. The minimum atomic E-state index is 0.327. The maximum absolute atomic E-state index is 4.55. The lowest BCUT2D eigenvalue weighted by Gasteiger charge is -2.26. The molecule has 4 rings (SSSR count). The van der Waals surface area contributed by atoms with Crippen LogP contribution in [0.5, 0.6) is 0 Å². The molecule has 0 radical (unpaired) electrons. The van der Waals surface area contributed by atoms with Crippen molar-refractivity contribution in [3.8, 4) is 11.4 Å². The average Bonchev–Trinajstić information content (AvgIpc) is 3.22. The number of rotatable bonds is 6. The quantitative estimate of drug-likeness (QED) is 0.678. The van der Waals surface area contributed by atoms with Crippen molar-refractivity contribution in [3.63, 3.8) is 0 Å². The van der Waals surface area contributed by atoms with Crippen LogP contribution in [0.15, 0.2) is 43.2 Å². The summed E-state index contributed by atoms with van der Waals surface area (Å²) in [4.78, 5) is 28.2. The van der Waals surface area contributed by atoms with E-state index in [4.69, 9.17) is 0 Å². The number of anilines is 3. The van der Waals surface area contributed by atoms with Crippen molar-refractivity contribution in [2.45, 2.75) is 18.9 Å². The molecule has 0 aliphatic carbocycles. The molecule has 1 aliphatic rings. The lowest BCUT2D eigenvalue weighted by atomic mass is 10.2. The molecule has 0 bridgehead atoms. The molecular formula is C18H21N9. The number of aromatic nitrogens is 6. The average molecular weight is 363 g/mol. The number of hydrogen-bond acceptors (Lipinski definition) is 9. The van der Waals surface area contributed by atoms with Gasteiger partial charge < -0.3 is 15.5 Å². The molecule has 0 amide bonds. The zero-order chi connectivity index (χ0) is 18.5. The smallest absolute Gasteiger partial charge is 0.223 e. The first-order valence-corrected chi connectivity index (χ1v) is 8.93. The van der Waals surface area contributed by atoms with Gasteiger partial charge in [-0.25, -0.2) is 19.9 Å². The Morgan fingerprint density at radius 3 is 2.93 bits per heavy atom. The Morgan fingerprint density at radius 1 is 1.11 bits per heavy atom. The Morgan fingerprint density at radius 2 is 2.07 bits per heavy atom. The largest absolute Gasteiger partial charge is 0.373 e. The Bertz CT molecular complexity index is 887. The van der Waals surface area contributed by atoms with Crippen LogP contribution in [0.25, 0.3) is 11.4 Å². The maximum atomic E-state index is 4.55. The molecule has 0 saturated carbocycles. The number of nitrogens with zero attached hydrogens (tertiary/aromatic N) is 7. The molecule has 1 saturated heterocycles. The molecule has 1 aliphatic heterocycles. The third-order valence-electron chi connectivity index (χ3n) is 4.56. The van der Waals surface area contributed by atoms with Crippen molar-refractivity contribution in [2.24, 2.45) is 0 Å². The maximum Gasteiger partial charge on any atom is 0.223 e. The molecule has 0 spiro atoms. The first kappa shape index (κ1) is 17.1. The number of nitrogens with one attached hydrogen (secondary N) is 2. The lowest BCUT2D eigenvalue weighted by Crippen LogP contribution is -2.35. The van der Waals surface area contributed by atoms with Crippen LogP contribution < -0.4 is 15.5 Å². The van der Waals surface area contributed by atoms with E-state index in [2.05, 4.69) is 45.4 Å². The van der Waals surface area contributed by atoms with Crippen molar-refractivity contribution >= 4 is 17.6 Å². The lowest BCUT2D eigenvalue weighted by molar-refractivity contribution is 0.687. The standard InChI is InChI=1S/C18H21N9/c1-19-16-9-17(25-12-24-16)27-8-2-3-13(27)10-23-18-22-5-4-14(26-18)15-11-20-6-7-21-15/h4-7,9,11-13H,2-3,8,10H2,1H3,(H,19,24,25)(H,22,23,26). The molecule has 27 heavy (non-hydrogen) atoms. The molecule has 138 valence electrons. The van der Waals surface area contributed by atoms with Crippen molar-refractivity contribution in [3.05, 3.63) is 43.2 Å². The third-order valence-corrected chi connectivity index (χ3v) is 4.56. The monoisotopic (exact) mass is 363 g/mol. The van der Waals surface area contributed by atoms with Gasteiger partial charge in [0, 0.05) is 50.8 Å². The summed E-state index contributed by atoms with van der Waals surface area (Å²) in [5.41, 5.74) is 1.48. The summed E-state index contributed by atoms with van der Waals surface area (Å²) in [5.74, 6) is 2.34. The predicted molar refractivity (Wildman–Crippen MR) is 103 cm³/mol. The molecule has 1 atom stereocenters. The molecule has 1 unspecified atom stereocenters. The second-order valence-corrected chi connectivity index (χ2v) is 6.24. The summed E-state index contributed by atoms with van der Waals surface area (Å²) in [6, 6.07) is 4.13. The van der Waals surface area contributed by atoms with Crippen LogP contribution >= 0.6 is 0 Å². The van der Waals surface area contributed by atoms with Gasteiger partial charge in [0.2, 0.25) is 5.95 Å². The molecule has 0 aromatic carbocycles. The zero-order valence-corrected chi connectivity index (χ0v) is 15.1. The van der Waals surface area contributed by atoms with Crippen LogP contribution in [-0.2, 0) is 0 Å². The molecular weight excluding hydrogens is 342 g/mol. The fraction of sp³-hybridized carbons (Fsp3) is 0.333. The highest BCUT2D eigenvalue weighted by Crippen LogP contribution is 2.25. The van der Waals surface area contributed by atoms with Crippen molar-refractivity contribution < 1.29 is 0 Å². The third kappa shape index (κ3) is 3.91. The summed E-state index contributed by atoms with van der Waals surface area (Å²) in [6.45, 7) is 1.72. The van der Waals surface area contributed by atoms with E-state index in [1.807, 2.05) is 19.2 Å². The highest BCUT2D eigenvalue weighted by atomic mass is 15.3. The van der Waals surface area contributed by atoms with E-state index >= 15 is 0 Å². The Labute approximate surface area is 157 Å². The summed E-state index contributed by atoms with van der Waals surface area (Å²) in [5, 5.41) is 6.41. The van der Waals surface area contributed by atoms with Gasteiger partial charge in [0.25, 0.3) is 0 Å². The van der Waals surface area contributed by atoms with Gasteiger partial charge in [-0.15, -0.1) is 0 Å². The van der Waals surface area contributed by atoms with Crippen LogP contribution in [0, 0.1) is 0 Å². The Balaban J connectivity index is 1.45. The van der Waals surface area contributed by atoms with Gasteiger partial charge >= 0.3 is 0 Å². The van der Waals surface area contributed by atoms with Gasteiger partial charge in [-0.1, -0.05) is 0 Å². The summed E-state index contributed by atoms with van der Waals surface area (Å²) >= 11 is 0. The molecule has 9 heteroatoms. The van der Waals surface area contributed by atoms with Crippen LogP contribution in [0.3, 0.4) is 0 Å². The van der Waals surface area contributed by atoms with Gasteiger partial charge in [0.1, 0.15) is 23.7 Å². The topological polar surface area (TPSA) is 105 Å². The van der Waals surface area contributed by atoms with Crippen molar-refractivity contribution in [1.82, 2.24) is 29.9 Å². The number of hydrogen-bond donors (Lipinski definition) is 2. The summed E-state index contributed by atoms with van der Waals surface area (Å²) in [6.07, 6.45) is 10.5. The van der Waals surface area contributed by atoms with E-state index in [0.717, 1.165) is 49.0 Å². The van der Waals surface area contributed by atoms with Crippen LogP contribution in [0.2, 0.25) is 0 Å². The second-order valence-electron chi connectivity index (χ2n) is 6.24. The first-order valence-electron chi connectivity index (χ1n) is 8.93. The predicted octanol–water partition coefficient (Wildman–Crippen LogP) is 1.85. The van der Waals surface area contributed by atoms with E-state index in [9.17, 15) is 0 Å². The van der Waals surface area contributed by atoms with Gasteiger partial charge in [0.15, 0.2) is 0 Å². The van der Waals surface area contributed by atoms with Crippen LogP contribution in [0.4, 0.5) is 17.6 Å². The highest BCUT2D eigenvalue weighted by Gasteiger charge is 2.26. The van der Waals surface area contributed by atoms with Gasteiger partial charge in [-0.05, 0) is 18.9 Å². The van der Waals surface area contributed by atoms with Crippen molar-refractivity contribution in [1.29, 1.82) is 0 Å². The highest BCUT2D eigenvalue weighted by molar-refractivity contribution is 5.54. The molecule has 9 nitrogen and oxygen atoms in total. The van der Waals surface area contributed by atoms with E-state index in [-0.39, 0.29) is 0 Å². The molecule has 3 aromatic heterocycles. The summed E-state index contributed by atoms with van der Waals surface area (Å²) < 4.78 is 0. The van der Waals surface area contributed by atoms with E-state index < -0.39 is 0 Å². The SMILES string of the molecule is CNc1cc(N2CCCC2CNc2nccc(-c3cnccn3)n2)ncn1. The molecule has 1 fully saturated rings. The Kier molecular flexibility index (Phi) is 4.99. The Hall–Kier alpha value is -3.36. The first-order chi connectivity index (χ1) is 13.3. The van der Waals surface area contributed by atoms with Crippen LogP contribution in [-0.4, -0.2) is 56.1 Å². The van der Waals surface area contributed by atoms with Gasteiger partial charge in [0.05, 0.1) is 11.9 Å². The van der Waals surface area contributed by atoms with E-state index in [0.29, 0.717) is 12.0 Å². The van der Waals surface area contributed by atoms with Crippen molar-refractivity contribution in [2.75, 3.05) is 35.7 Å². The molecule has 2 N–H and O–H groups in total. The summed E-state index contributed by atoms with van der Waals surface area (Å²) in [7, 11) is 1.86. The fourth-order valence-electron chi connectivity index (χ4n) is 3.22. The molecule has 3 aromatic rings. The van der Waals surface area contributed by atoms with Gasteiger partial charge in [-0.3, -0.25) is 9.97 Å².